The Kier molecular flexibility index (Phi) is 7.15. The van der Waals surface area contributed by atoms with Crippen molar-refractivity contribution in [2.75, 3.05) is 11.3 Å². The number of esters is 1. The molecule has 0 spiro atoms. The molecule has 1 fully saturated rings. The van der Waals surface area contributed by atoms with E-state index in [0.717, 1.165) is 24.8 Å². The molecule has 0 radical (unpaired) electrons. The van der Waals surface area contributed by atoms with Gasteiger partial charge < -0.3 is 10.1 Å². The number of benzene rings is 2. The van der Waals surface area contributed by atoms with E-state index in [-0.39, 0.29) is 10.5 Å². The number of nitrogens with zero attached hydrogens (tertiary/aromatic N) is 1. The largest absolute Gasteiger partial charge is 0.452 e. The molecule has 0 unspecified atom stereocenters. The van der Waals surface area contributed by atoms with E-state index >= 15 is 0 Å². The van der Waals surface area contributed by atoms with Crippen LogP contribution in [0.3, 0.4) is 0 Å². The molecule has 0 aliphatic heterocycles. The third kappa shape index (κ3) is 5.86. The van der Waals surface area contributed by atoms with Crippen LogP contribution in [0.5, 0.6) is 0 Å². The fourth-order valence-electron chi connectivity index (χ4n) is 3.54. The molecule has 0 atom stereocenters. The van der Waals surface area contributed by atoms with Crippen LogP contribution < -0.4 is 10.0 Å². The molecule has 0 bridgehead atoms. The first-order chi connectivity index (χ1) is 15.2. The van der Waals surface area contributed by atoms with Crippen LogP contribution in [0.4, 0.5) is 5.69 Å². The minimum absolute atomic E-state index is 0.0133. The van der Waals surface area contributed by atoms with Gasteiger partial charge in [-0.25, -0.2) is 13.2 Å². The number of ether oxygens (including phenoxy) is 1. The summed E-state index contributed by atoms with van der Waals surface area (Å²) in [6.07, 6.45) is 3.91. The molecule has 2 N–H and O–H groups in total. The summed E-state index contributed by atoms with van der Waals surface area (Å²) in [5, 5.41) is 12.1. The van der Waals surface area contributed by atoms with Crippen LogP contribution in [0.25, 0.3) is 0 Å². The van der Waals surface area contributed by atoms with Gasteiger partial charge in [0.15, 0.2) is 6.61 Å². The average molecular weight is 456 g/mol. The highest BCUT2D eigenvalue weighted by atomic mass is 32.2. The number of rotatable bonds is 7. The van der Waals surface area contributed by atoms with Crippen LogP contribution in [0, 0.1) is 18.3 Å². The van der Waals surface area contributed by atoms with Crippen molar-refractivity contribution in [2.24, 2.45) is 0 Å². The molecule has 1 aliphatic rings. The highest BCUT2D eigenvalue weighted by molar-refractivity contribution is 7.92. The molecule has 3 rings (SSSR count). The minimum Gasteiger partial charge on any atom is -0.452 e. The lowest BCUT2D eigenvalue weighted by atomic mass is 9.83. The van der Waals surface area contributed by atoms with Crippen LogP contribution in [-0.4, -0.2) is 32.4 Å². The maximum absolute atomic E-state index is 12.5. The Morgan fingerprint density at radius 2 is 1.66 bits per heavy atom. The van der Waals surface area contributed by atoms with Crippen LogP contribution in [0.15, 0.2) is 53.4 Å². The molecule has 0 saturated heterocycles. The van der Waals surface area contributed by atoms with Gasteiger partial charge in [-0.05, 0) is 56.2 Å². The second-order valence-corrected chi connectivity index (χ2v) is 9.56. The zero-order chi connectivity index (χ0) is 23.2. The molecule has 8 nitrogen and oxygen atoms in total. The number of hydrogen-bond acceptors (Lipinski definition) is 6. The molecule has 168 valence electrons. The summed E-state index contributed by atoms with van der Waals surface area (Å²) in [4.78, 5) is 24.4. The molecule has 2 aromatic rings. The summed E-state index contributed by atoms with van der Waals surface area (Å²) >= 11 is 0. The van der Waals surface area contributed by atoms with Crippen LogP contribution in [0.1, 0.15) is 48.0 Å². The predicted octanol–water partition coefficient (Wildman–Crippen LogP) is 3.30. The van der Waals surface area contributed by atoms with Gasteiger partial charge in [-0.1, -0.05) is 37.0 Å². The average Bonchev–Trinajstić information content (AvgIpc) is 2.79. The van der Waals surface area contributed by atoms with E-state index in [1.54, 1.807) is 24.3 Å². The van der Waals surface area contributed by atoms with Gasteiger partial charge in [0, 0.05) is 5.69 Å². The van der Waals surface area contributed by atoms with Crippen molar-refractivity contribution in [1.29, 1.82) is 5.26 Å². The van der Waals surface area contributed by atoms with Crippen molar-refractivity contribution in [3.8, 4) is 6.07 Å². The molecule has 1 amide bonds. The molecular formula is C23H25N3O5S. The SMILES string of the molecule is Cc1ccc(NS(=O)(=O)c2ccc(C(=O)OCC(=O)NC3(C#N)CCCCC3)cc2)cc1. The van der Waals surface area contributed by atoms with Crippen LogP contribution >= 0.6 is 0 Å². The third-order valence-corrected chi connectivity index (χ3v) is 6.74. The van der Waals surface area contributed by atoms with Gasteiger partial charge in [0.2, 0.25) is 0 Å². The van der Waals surface area contributed by atoms with Crippen LogP contribution in [-0.2, 0) is 19.6 Å². The molecule has 0 heterocycles. The van der Waals surface area contributed by atoms with Crippen molar-refractivity contribution in [3.05, 3.63) is 59.7 Å². The second kappa shape index (κ2) is 9.83. The second-order valence-electron chi connectivity index (χ2n) is 7.87. The number of amides is 1. The number of nitriles is 1. The highest BCUT2D eigenvalue weighted by Gasteiger charge is 2.33. The van der Waals surface area contributed by atoms with Crippen molar-refractivity contribution < 1.29 is 22.7 Å². The quantitative estimate of drug-likeness (QED) is 0.617. The molecule has 32 heavy (non-hydrogen) atoms. The van der Waals surface area contributed by atoms with Gasteiger partial charge in [-0.3, -0.25) is 9.52 Å². The van der Waals surface area contributed by atoms with Crippen molar-refractivity contribution in [2.45, 2.75) is 49.5 Å². The Bertz CT molecular complexity index is 1110. The molecule has 1 aliphatic carbocycles. The third-order valence-electron chi connectivity index (χ3n) is 5.34. The van der Waals surface area contributed by atoms with Gasteiger partial charge in [0.1, 0.15) is 5.54 Å². The van der Waals surface area contributed by atoms with Crippen LogP contribution in [0.2, 0.25) is 0 Å². The lowest BCUT2D eigenvalue weighted by Gasteiger charge is -2.31. The lowest BCUT2D eigenvalue weighted by Crippen LogP contribution is -2.50. The monoisotopic (exact) mass is 455 g/mol. The highest BCUT2D eigenvalue weighted by Crippen LogP contribution is 2.27. The van der Waals surface area contributed by atoms with Gasteiger partial charge >= 0.3 is 5.97 Å². The Morgan fingerprint density at radius 3 is 2.25 bits per heavy atom. The topological polar surface area (TPSA) is 125 Å². The van der Waals surface area contributed by atoms with Crippen molar-refractivity contribution in [1.82, 2.24) is 5.32 Å². The number of anilines is 1. The van der Waals surface area contributed by atoms with Crippen molar-refractivity contribution in [3.63, 3.8) is 0 Å². The maximum Gasteiger partial charge on any atom is 0.338 e. The van der Waals surface area contributed by atoms with E-state index in [9.17, 15) is 23.3 Å². The van der Waals surface area contributed by atoms with Gasteiger partial charge in [-0.2, -0.15) is 5.26 Å². The number of carbonyl (C=O) groups is 2. The minimum atomic E-state index is -3.82. The van der Waals surface area contributed by atoms with Crippen molar-refractivity contribution >= 4 is 27.6 Å². The number of sulfonamides is 1. The maximum atomic E-state index is 12.5. The Balaban J connectivity index is 1.57. The standard InChI is InChI=1S/C23H25N3O5S/c1-17-5-9-19(10-6-17)26-32(29,30)20-11-7-18(8-12-20)22(28)31-15-21(27)25-23(16-24)13-3-2-4-14-23/h5-12,26H,2-4,13-15H2,1H3,(H,25,27). The fraction of sp³-hybridized carbons (Fsp3) is 0.348. The number of nitrogens with one attached hydrogen (secondary N) is 2. The van der Waals surface area contributed by atoms with E-state index in [4.69, 9.17) is 4.74 Å². The first-order valence-electron chi connectivity index (χ1n) is 10.3. The Morgan fingerprint density at radius 1 is 1.03 bits per heavy atom. The summed E-state index contributed by atoms with van der Waals surface area (Å²) in [5.74, 6) is -1.30. The molecule has 1 saturated carbocycles. The molecule has 0 aromatic heterocycles. The summed E-state index contributed by atoms with van der Waals surface area (Å²) < 4.78 is 32.6. The van der Waals surface area contributed by atoms with E-state index in [1.807, 2.05) is 6.92 Å². The van der Waals surface area contributed by atoms with Gasteiger partial charge in [0.05, 0.1) is 16.5 Å². The van der Waals surface area contributed by atoms with Gasteiger partial charge in [-0.15, -0.1) is 0 Å². The summed E-state index contributed by atoms with van der Waals surface area (Å²) in [7, 11) is -3.82. The Labute approximate surface area is 187 Å². The van der Waals surface area contributed by atoms with Gasteiger partial charge in [0.25, 0.3) is 15.9 Å². The summed E-state index contributed by atoms with van der Waals surface area (Å²) in [6, 6.07) is 14.3. The predicted molar refractivity (Wildman–Crippen MR) is 118 cm³/mol. The van der Waals surface area contributed by atoms with E-state index < -0.39 is 34.0 Å². The fourth-order valence-corrected chi connectivity index (χ4v) is 4.60. The van der Waals surface area contributed by atoms with E-state index in [1.165, 1.54) is 24.3 Å². The number of aryl methyl sites for hydroxylation is 1. The first-order valence-corrected chi connectivity index (χ1v) is 11.8. The molecule has 2 aromatic carbocycles. The summed E-state index contributed by atoms with van der Waals surface area (Å²) in [5.41, 5.74) is 0.645. The molecular weight excluding hydrogens is 430 g/mol. The normalized spacial score (nSPS) is 15.2. The number of hydrogen-bond donors (Lipinski definition) is 2. The smallest absolute Gasteiger partial charge is 0.338 e. The Hall–Kier alpha value is -3.38. The summed E-state index contributed by atoms with van der Waals surface area (Å²) in [6.45, 7) is 1.38. The van der Waals surface area contributed by atoms with E-state index in [0.29, 0.717) is 18.5 Å². The number of carbonyl (C=O) groups excluding carboxylic acids is 2. The van der Waals surface area contributed by atoms with E-state index in [2.05, 4.69) is 16.1 Å². The first kappa shape index (κ1) is 23.3. The zero-order valence-electron chi connectivity index (χ0n) is 17.8. The zero-order valence-corrected chi connectivity index (χ0v) is 18.6. The lowest BCUT2D eigenvalue weighted by molar-refractivity contribution is -0.125. The molecule has 9 heteroatoms.